The van der Waals surface area contributed by atoms with Crippen molar-refractivity contribution >= 4 is 27.3 Å². The fraction of sp³-hybridized carbons (Fsp3) is 0.176. The van der Waals surface area contributed by atoms with Crippen molar-refractivity contribution in [1.29, 1.82) is 5.26 Å². The van der Waals surface area contributed by atoms with Gasteiger partial charge in [-0.25, -0.2) is 8.42 Å². The minimum absolute atomic E-state index is 0.192. The van der Waals surface area contributed by atoms with Crippen LogP contribution in [0.5, 0.6) is 0 Å². The highest BCUT2D eigenvalue weighted by atomic mass is 32.2. The van der Waals surface area contributed by atoms with Gasteiger partial charge >= 0.3 is 0 Å². The second-order valence-corrected chi connectivity index (χ2v) is 7.09. The number of para-hydroxylation sites is 2. The van der Waals surface area contributed by atoms with E-state index in [1.807, 2.05) is 12.1 Å². The van der Waals surface area contributed by atoms with Crippen LogP contribution >= 0.6 is 0 Å². The third kappa shape index (κ3) is 3.91. The molecule has 7 heteroatoms. The van der Waals surface area contributed by atoms with Crippen LogP contribution in [0.15, 0.2) is 54.6 Å². The van der Waals surface area contributed by atoms with Crippen molar-refractivity contribution in [2.75, 3.05) is 29.1 Å². The molecule has 0 unspecified atom stereocenters. The molecular formula is C17H17N3O3S. The average Bonchev–Trinajstić information content (AvgIpc) is 2.58. The number of amides is 1. The molecule has 1 amide bonds. The molecule has 0 N–H and O–H groups in total. The van der Waals surface area contributed by atoms with E-state index in [0.29, 0.717) is 5.69 Å². The van der Waals surface area contributed by atoms with Crippen LogP contribution in [0.2, 0.25) is 0 Å². The van der Waals surface area contributed by atoms with E-state index in [9.17, 15) is 18.5 Å². The summed E-state index contributed by atoms with van der Waals surface area (Å²) in [6.45, 7) is -0.386. The van der Waals surface area contributed by atoms with E-state index in [-0.39, 0.29) is 17.8 Å². The number of likely N-dealkylation sites (N-methyl/N-ethyl adjacent to an activating group) is 1. The van der Waals surface area contributed by atoms with Gasteiger partial charge in [-0.3, -0.25) is 9.10 Å². The van der Waals surface area contributed by atoms with Crippen molar-refractivity contribution in [3.8, 4) is 6.07 Å². The molecule has 0 radical (unpaired) electrons. The molecular weight excluding hydrogens is 326 g/mol. The summed E-state index contributed by atoms with van der Waals surface area (Å²) in [4.78, 5) is 13.9. The second-order valence-electron chi connectivity index (χ2n) is 5.19. The van der Waals surface area contributed by atoms with Crippen LogP contribution in [0.1, 0.15) is 5.56 Å². The molecule has 0 aromatic heterocycles. The molecule has 124 valence electrons. The van der Waals surface area contributed by atoms with Gasteiger partial charge in [0.2, 0.25) is 15.9 Å². The van der Waals surface area contributed by atoms with E-state index in [0.717, 1.165) is 10.6 Å². The lowest BCUT2D eigenvalue weighted by Crippen LogP contribution is -2.41. The lowest BCUT2D eigenvalue weighted by Gasteiger charge is -2.25. The number of hydrogen-bond donors (Lipinski definition) is 0. The molecule has 0 fully saturated rings. The van der Waals surface area contributed by atoms with Gasteiger partial charge in [-0.1, -0.05) is 30.3 Å². The minimum Gasteiger partial charge on any atom is -0.314 e. The molecule has 0 saturated carbocycles. The zero-order valence-electron chi connectivity index (χ0n) is 13.4. The second kappa shape index (κ2) is 7.15. The Kier molecular flexibility index (Phi) is 5.21. The molecule has 2 rings (SSSR count). The number of sulfonamides is 1. The van der Waals surface area contributed by atoms with Crippen LogP contribution in [-0.4, -0.2) is 34.2 Å². The van der Waals surface area contributed by atoms with E-state index >= 15 is 0 Å². The summed E-state index contributed by atoms with van der Waals surface area (Å²) in [5.41, 5.74) is 1.04. The Bertz CT molecular complexity index is 873. The molecule has 0 aliphatic rings. The quantitative estimate of drug-likeness (QED) is 0.831. The highest BCUT2D eigenvalue weighted by Crippen LogP contribution is 2.22. The van der Waals surface area contributed by atoms with Crippen molar-refractivity contribution < 1.29 is 13.2 Å². The normalized spacial score (nSPS) is 10.7. The first-order valence-corrected chi connectivity index (χ1v) is 8.98. The number of benzene rings is 2. The third-order valence-electron chi connectivity index (χ3n) is 3.49. The van der Waals surface area contributed by atoms with Crippen LogP contribution in [-0.2, 0) is 14.8 Å². The van der Waals surface area contributed by atoms with E-state index in [1.165, 1.54) is 17.0 Å². The minimum atomic E-state index is -3.73. The topological polar surface area (TPSA) is 81.5 Å². The first-order valence-electron chi connectivity index (χ1n) is 7.13. The predicted octanol–water partition coefficient (Wildman–Crippen LogP) is 1.99. The van der Waals surface area contributed by atoms with Crippen LogP contribution in [0.3, 0.4) is 0 Å². The molecule has 2 aromatic carbocycles. The monoisotopic (exact) mass is 343 g/mol. The zero-order chi connectivity index (χ0) is 17.7. The molecule has 0 aliphatic carbocycles. The van der Waals surface area contributed by atoms with E-state index in [4.69, 9.17) is 0 Å². The summed E-state index contributed by atoms with van der Waals surface area (Å²) >= 11 is 0. The molecule has 2 aromatic rings. The Morgan fingerprint density at radius 2 is 1.67 bits per heavy atom. The van der Waals surface area contributed by atoms with Gasteiger partial charge in [0.1, 0.15) is 12.6 Å². The zero-order valence-corrected chi connectivity index (χ0v) is 14.2. The van der Waals surface area contributed by atoms with Gasteiger partial charge in [-0.15, -0.1) is 0 Å². The number of nitrogens with zero attached hydrogens (tertiary/aromatic N) is 3. The summed E-state index contributed by atoms with van der Waals surface area (Å²) in [5, 5.41) is 9.19. The molecule has 6 nitrogen and oxygen atoms in total. The Hall–Kier alpha value is -2.85. The number of rotatable bonds is 5. The summed E-state index contributed by atoms with van der Waals surface area (Å²) in [7, 11) is -2.15. The van der Waals surface area contributed by atoms with Gasteiger partial charge in [-0.2, -0.15) is 5.26 Å². The molecule has 0 aliphatic heterocycles. The maximum Gasteiger partial charge on any atom is 0.247 e. The largest absolute Gasteiger partial charge is 0.314 e. The van der Waals surface area contributed by atoms with Crippen molar-refractivity contribution in [2.24, 2.45) is 0 Å². The summed E-state index contributed by atoms with van der Waals surface area (Å²) in [6.07, 6.45) is 1.01. The van der Waals surface area contributed by atoms with Crippen molar-refractivity contribution in [1.82, 2.24) is 0 Å². The Morgan fingerprint density at radius 1 is 1.08 bits per heavy atom. The predicted molar refractivity (Wildman–Crippen MR) is 93.2 cm³/mol. The van der Waals surface area contributed by atoms with Crippen LogP contribution in [0, 0.1) is 11.3 Å². The standard InChI is InChI=1S/C17H17N3O3S/c1-19(15-9-4-3-5-10-15)17(21)13-20(24(2,22)23)16-11-7-6-8-14(16)12-18/h3-11H,13H2,1-2H3. The van der Waals surface area contributed by atoms with Crippen LogP contribution in [0.25, 0.3) is 0 Å². The fourth-order valence-corrected chi connectivity index (χ4v) is 3.05. The molecule has 0 bridgehead atoms. The molecule has 0 saturated heterocycles. The lowest BCUT2D eigenvalue weighted by molar-refractivity contribution is -0.116. The number of nitriles is 1. The first-order chi connectivity index (χ1) is 11.3. The SMILES string of the molecule is CN(C(=O)CN(c1ccccc1C#N)S(C)(=O)=O)c1ccccc1. The van der Waals surface area contributed by atoms with Gasteiger partial charge in [0.15, 0.2) is 0 Å². The molecule has 0 heterocycles. The average molecular weight is 343 g/mol. The molecule has 0 atom stereocenters. The maximum absolute atomic E-state index is 12.5. The van der Waals surface area contributed by atoms with Crippen LogP contribution < -0.4 is 9.21 Å². The van der Waals surface area contributed by atoms with Crippen molar-refractivity contribution in [3.63, 3.8) is 0 Å². The van der Waals surface area contributed by atoms with E-state index in [2.05, 4.69) is 0 Å². The van der Waals surface area contributed by atoms with Gasteiger partial charge < -0.3 is 4.90 Å². The van der Waals surface area contributed by atoms with E-state index < -0.39 is 15.9 Å². The number of carbonyl (C=O) groups excluding carboxylic acids is 1. The Balaban J connectivity index is 2.34. The highest BCUT2D eigenvalue weighted by molar-refractivity contribution is 7.92. The summed E-state index contributed by atoms with van der Waals surface area (Å²) in [6, 6.07) is 17.2. The smallest absolute Gasteiger partial charge is 0.247 e. The summed E-state index contributed by atoms with van der Waals surface area (Å²) < 4.78 is 25.2. The van der Waals surface area contributed by atoms with Gasteiger partial charge in [0, 0.05) is 12.7 Å². The van der Waals surface area contributed by atoms with Gasteiger partial charge in [0.25, 0.3) is 0 Å². The lowest BCUT2D eigenvalue weighted by atomic mass is 10.2. The van der Waals surface area contributed by atoms with E-state index in [1.54, 1.807) is 43.4 Å². The number of hydrogen-bond acceptors (Lipinski definition) is 4. The molecule has 24 heavy (non-hydrogen) atoms. The highest BCUT2D eigenvalue weighted by Gasteiger charge is 2.25. The molecule has 0 spiro atoms. The Morgan fingerprint density at radius 3 is 2.25 bits per heavy atom. The third-order valence-corrected chi connectivity index (χ3v) is 4.62. The van der Waals surface area contributed by atoms with Crippen molar-refractivity contribution in [3.05, 3.63) is 60.2 Å². The van der Waals surface area contributed by atoms with Crippen LogP contribution in [0.4, 0.5) is 11.4 Å². The van der Waals surface area contributed by atoms with Gasteiger partial charge in [0.05, 0.1) is 17.5 Å². The first kappa shape index (κ1) is 17.5. The summed E-state index contributed by atoms with van der Waals surface area (Å²) in [5.74, 6) is -0.403. The van der Waals surface area contributed by atoms with Crippen molar-refractivity contribution in [2.45, 2.75) is 0 Å². The number of anilines is 2. The fourth-order valence-electron chi connectivity index (χ4n) is 2.19. The maximum atomic E-state index is 12.5. The van der Waals surface area contributed by atoms with Gasteiger partial charge in [-0.05, 0) is 24.3 Å². The Labute approximate surface area is 141 Å². The number of carbonyl (C=O) groups is 1.